The van der Waals surface area contributed by atoms with Gasteiger partial charge in [-0.25, -0.2) is 0 Å². The minimum Gasteiger partial charge on any atom is -0.391 e. The summed E-state index contributed by atoms with van der Waals surface area (Å²) in [5.74, 6) is 1.11. The molecule has 2 aromatic rings. The normalized spacial score (nSPS) is 21.8. The van der Waals surface area contributed by atoms with E-state index in [1.54, 1.807) is 18.6 Å². The van der Waals surface area contributed by atoms with Crippen molar-refractivity contribution < 1.29 is 5.11 Å². The fourth-order valence-corrected chi connectivity index (χ4v) is 2.87. The van der Waals surface area contributed by atoms with Gasteiger partial charge in [0.15, 0.2) is 5.82 Å². The highest BCUT2D eigenvalue weighted by Crippen LogP contribution is 2.27. The maximum atomic E-state index is 10.3. The first kappa shape index (κ1) is 13.9. The van der Waals surface area contributed by atoms with Gasteiger partial charge >= 0.3 is 0 Å². The third kappa shape index (κ3) is 2.88. The van der Waals surface area contributed by atoms with Crippen molar-refractivity contribution in [1.29, 1.82) is 0 Å². The van der Waals surface area contributed by atoms with Gasteiger partial charge in [0.25, 0.3) is 0 Å². The summed E-state index contributed by atoms with van der Waals surface area (Å²) in [6.45, 7) is 5.52. The Bertz CT molecular complexity index is 617. The van der Waals surface area contributed by atoms with Crippen molar-refractivity contribution in [2.45, 2.75) is 26.4 Å². The van der Waals surface area contributed by atoms with Crippen molar-refractivity contribution in [2.75, 3.05) is 18.0 Å². The lowest BCUT2D eigenvalue weighted by atomic mass is 9.97. The Morgan fingerprint density at radius 2 is 2.00 bits per heavy atom. The lowest BCUT2D eigenvalue weighted by Crippen LogP contribution is -2.23. The second-order valence-electron chi connectivity index (χ2n) is 5.77. The Labute approximate surface area is 124 Å². The molecule has 3 heterocycles. The average molecular weight is 284 g/mol. The number of aryl methyl sites for hydroxylation is 1. The standard InChI is InChI=1S/C16H20N4O/c1-11-8-18-19-16(12(11)2)20-9-14(15(21)10-20)7-13-3-5-17-6-4-13/h3-6,8,14-15,21H,7,9-10H2,1-2H3/t14-,15+/m1/s1. The molecule has 2 atom stereocenters. The molecular formula is C16H20N4O. The Balaban J connectivity index is 1.75. The molecule has 1 aliphatic rings. The third-order valence-electron chi connectivity index (χ3n) is 4.28. The van der Waals surface area contributed by atoms with E-state index < -0.39 is 0 Å². The highest BCUT2D eigenvalue weighted by Gasteiger charge is 2.33. The molecule has 1 fully saturated rings. The summed E-state index contributed by atoms with van der Waals surface area (Å²) in [7, 11) is 0. The zero-order valence-electron chi connectivity index (χ0n) is 12.4. The van der Waals surface area contributed by atoms with Crippen LogP contribution in [0.2, 0.25) is 0 Å². The van der Waals surface area contributed by atoms with Gasteiger partial charge in [0.2, 0.25) is 0 Å². The zero-order valence-corrected chi connectivity index (χ0v) is 12.4. The summed E-state index contributed by atoms with van der Waals surface area (Å²) in [4.78, 5) is 6.18. The fourth-order valence-electron chi connectivity index (χ4n) is 2.87. The van der Waals surface area contributed by atoms with E-state index in [1.165, 1.54) is 5.56 Å². The van der Waals surface area contributed by atoms with Gasteiger partial charge in [-0.2, -0.15) is 5.10 Å². The summed E-state index contributed by atoms with van der Waals surface area (Å²) in [6, 6.07) is 4.01. The molecule has 1 aliphatic heterocycles. The van der Waals surface area contributed by atoms with Gasteiger partial charge < -0.3 is 10.0 Å². The summed E-state index contributed by atoms with van der Waals surface area (Å²) in [6.07, 6.45) is 5.90. The highest BCUT2D eigenvalue weighted by molar-refractivity contribution is 5.49. The van der Waals surface area contributed by atoms with Crippen molar-refractivity contribution in [3.63, 3.8) is 0 Å². The monoisotopic (exact) mass is 284 g/mol. The van der Waals surface area contributed by atoms with Crippen LogP contribution < -0.4 is 4.90 Å². The Hall–Kier alpha value is -2.01. The molecule has 2 aromatic heterocycles. The van der Waals surface area contributed by atoms with Gasteiger partial charge in [-0.3, -0.25) is 4.98 Å². The number of pyridine rings is 1. The predicted molar refractivity (Wildman–Crippen MR) is 81.2 cm³/mol. The molecule has 0 saturated carbocycles. The topological polar surface area (TPSA) is 62.1 Å². The summed E-state index contributed by atoms with van der Waals surface area (Å²) < 4.78 is 0. The van der Waals surface area contributed by atoms with Crippen molar-refractivity contribution in [3.8, 4) is 0 Å². The number of hydrogen-bond donors (Lipinski definition) is 1. The average Bonchev–Trinajstić information content (AvgIpc) is 2.84. The molecule has 0 spiro atoms. The molecule has 1 N–H and O–H groups in total. The second-order valence-corrected chi connectivity index (χ2v) is 5.77. The third-order valence-corrected chi connectivity index (χ3v) is 4.28. The van der Waals surface area contributed by atoms with E-state index in [9.17, 15) is 5.11 Å². The number of anilines is 1. The van der Waals surface area contributed by atoms with E-state index in [2.05, 4.69) is 27.0 Å². The number of β-amino-alcohol motifs (C(OH)–C–C–N with tert-alkyl or cyclic N) is 1. The van der Waals surface area contributed by atoms with Crippen molar-refractivity contribution >= 4 is 5.82 Å². The van der Waals surface area contributed by atoms with E-state index >= 15 is 0 Å². The summed E-state index contributed by atoms with van der Waals surface area (Å²) in [5, 5.41) is 18.6. The fraction of sp³-hybridized carbons (Fsp3) is 0.438. The Morgan fingerprint density at radius 1 is 1.24 bits per heavy atom. The molecule has 0 radical (unpaired) electrons. The van der Waals surface area contributed by atoms with E-state index in [0.717, 1.165) is 29.9 Å². The molecule has 5 heteroatoms. The van der Waals surface area contributed by atoms with Crippen LogP contribution in [0.5, 0.6) is 0 Å². The SMILES string of the molecule is Cc1cnnc(N2C[C@@H](Cc3ccncc3)[C@@H](O)C2)c1C. The molecule has 0 unspecified atom stereocenters. The Kier molecular flexibility index (Phi) is 3.84. The number of aliphatic hydroxyl groups is 1. The number of rotatable bonds is 3. The first-order valence-corrected chi connectivity index (χ1v) is 7.26. The molecule has 1 saturated heterocycles. The van der Waals surface area contributed by atoms with Crippen LogP contribution in [-0.4, -0.2) is 39.5 Å². The van der Waals surface area contributed by atoms with Crippen LogP contribution in [0.25, 0.3) is 0 Å². The van der Waals surface area contributed by atoms with Crippen LogP contribution >= 0.6 is 0 Å². The number of hydrogen-bond acceptors (Lipinski definition) is 5. The molecule has 0 aliphatic carbocycles. The highest BCUT2D eigenvalue weighted by atomic mass is 16.3. The molecule has 21 heavy (non-hydrogen) atoms. The van der Waals surface area contributed by atoms with E-state index in [1.807, 2.05) is 19.1 Å². The van der Waals surface area contributed by atoms with Crippen LogP contribution in [0.15, 0.2) is 30.7 Å². The van der Waals surface area contributed by atoms with Gasteiger partial charge in [0, 0.05) is 31.4 Å². The van der Waals surface area contributed by atoms with Crippen LogP contribution in [0, 0.1) is 19.8 Å². The molecule has 0 aromatic carbocycles. The molecular weight excluding hydrogens is 264 g/mol. The largest absolute Gasteiger partial charge is 0.391 e. The number of aliphatic hydroxyl groups excluding tert-OH is 1. The molecule has 110 valence electrons. The van der Waals surface area contributed by atoms with Crippen molar-refractivity contribution in [3.05, 3.63) is 47.4 Å². The van der Waals surface area contributed by atoms with Gasteiger partial charge in [-0.05, 0) is 49.1 Å². The maximum Gasteiger partial charge on any atom is 0.154 e. The van der Waals surface area contributed by atoms with Crippen LogP contribution in [-0.2, 0) is 6.42 Å². The predicted octanol–water partition coefficient (Wildman–Crippen LogP) is 1.53. The smallest absolute Gasteiger partial charge is 0.154 e. The Morgan fingerprint density at radius 3 is 2.76 bits per heavy atom. The van der Waals surface area contributed by atoms with E-state index in [-0.39, 0.29) is 12.0 Å². The lowest BCUT2D eigenvalue weighted by Gasteiger charge is -2.19. The van der Waals surface area contributed by atoms with Crippen LogP contribution in [0.3, 0.4) is 0 Å². The molecule has 3 rings (SSSR count). The van der Waals surface area contributed by atoms with Gasteiger partial charge in [-0.15, -0.1) is 5.10 Å². The second kappa shape index (κ2) is 5.77. The first-order chi connectivity index (χ1) is 10.1. The summed E-state index contributed by atoms with van der Waals surface area (Å²) >= 11 is 0. The minimum atomic E-state index is -0.333. The van der Waals surface area contributed by atoms with Crippen LogP contribution in [0.4, 0.5) is 5.82 Å². The number of nitrogens with zero attached hydrogens (tertiary/aromatic N) is 4. The first-order valence-electron chi connectivity index (χ1n) is 7.26. The quantitative estimate of drug-likeness (QED) is 0.926. The van der Waals surface area contributed by atoms with Crippen molar-refractivity contribution in [1.82, 2.24) is 15.2 Å². The van der Waals surface area contributed by atoms with Crippen molar-refractivity contribution in [2.24, 2.45) is 5.92 Å². The maximum absolute atomic E-state index is 10.3. The number of aromatic nitrogens is 3. The molecule has 0 bridgehead atoms. The van der Waals surface area contributed by atoms with Gasteiger partial charge in [0.05, 0.1) is 12.3 Å². The lowest BCUT2D eigenvalue weighted by molar-refractivity contribution is 0.148. The summed E-state index contributed by atoms with van der Waals surface area (Å²) in [5.41, 5.74) is 3.48. The zero-order chi connectivity index (χ0) is 14.8. The van der Waals surface area contributed by atoms with E-state index in [4.69, 9.17) is 0 Å². The minimum absolute atomic E-state index is 0.217. The van der Waals surface area contributed by atoms with E-state index in [0.29, 0.717) is 6.54 Å². The van der Waals surface area contributed by atoms with Crippen LogP contribution in [0.1, 0.15) is 16.7 Å². The van der Waals surface area contributed by atoms with Gasteiger partial charge in [0.1, 0.15) is 0 Å². The van der Waals surface area contributed by atoms with Gasteiger partial charge in [-0.1, -0.05) is 0 Å². The molecule has 0 amide bonds. The molecule has 5 nitrogen and oxygen atoms in total.